The molecular weight excluding hydrogens is 294 g/mol. The van der Waals surface area contributed by atoms with Crippen LogP contribution in [0.4, 0.5) is 10.5 Å². The summed E-state index contributed by atoms with van der Waals surface area (Å²) in [7, 11) is 3.36. The number of hydrogen-bond donors (Lipinski definition) is 2. The molecule has 6 nitrogen and oxygen atoms in total. The minimum atomic E-state index is -0.196. The van der Waals surface area contributed by atoms with E-state index in [1.54, 1.807) is 38.4 Å². The largest absolute Gasteiger partial charge is 0.484 e. The van der Waals surface area contributed by atoms with Gasteiger partial charge in [0.15, 0.2) is 6.61 Å². The second-order valence-electron chi connectivity index (χ2n) is 6.04. The highest BCUT2D eigenvalue weighted by Crippen LogP contribution is 2.19. The van der Waals surface area contributed by atoms with E-state index in [-0.39, 0.29) is 24.6 Å². The zero-order chi connectivity index (χ0) is 16.7. The van der Waals surface area contributed by atoms with E-state index in [0.717, 1.165) is 12.8 Å². The molecule has 0 heterocycles. The second-order valence-corrected chi connectivity index (χ2v) is 6.04. The average molecular weight is 319 g/mol. The minimum Gasteiger partial charge on any atom is -0.484 e. The number of likely N-dealkylation sites (N-methyl/N-ethyl adjacent to an activating group) is 1. The molecule has 6 heteroatoms. The van der Waals surface area contributed by atoms with Crippen molar-refractivity contribution in [2.75, 3.05) is 26.0 Å². The van der Waals surface area contributed by atoms with Crippen LogP contribution in [0.2, 0.25) is 0 Å². The molecule has 0 unspecified atom stereocenters. The predicted molar refractivity (Wildman–Crippen MR) is 89.7 cm³/mol. The minimum absolute atomic E-state index is 0.0231. The topological polar surface area (TPSA) is 70.7 Å². The Balaban J connectivity index is 1.84. The first-order valence-electron chi connectivity index (χ1n) is 8.05. The summed E-state index contributed by atoms with van der Waals surface area (Å²) in [4.78, 5) is 25.0. The molecular formula is C17H25N3O3. The molecule has 1 fully saturated rings. The summed E-state index contributed by atoms with van der Waals surface area (Å²) < 4.78 is 5.44. The zero-order valence-corrected chi connectivity index (χ0v) is 13.8. The van der Waals surface area contributed by atoms with Crippen LogP contribution in [0.3, 0.4) is 0 Å². The van der Waals surface area contributed by atoms with Crippen molar-refractivity contribution in [3.63, 3.8) is 0 Å². The Hall–Kier alpha value is -2.24. The van der Waals surface area contributed by atoms with Crippen molar-refractivity contribution in [3.8, 4) is 5.75 Å². The van der Waals surface area contributed by atoms with Gasteiger partial charge in [-0.05, 0) is 25.0 Å². The van der Waals surface area contributed by atoms with Gasteiger partial charge in [0, 0.05) is 31.9 Å². The lowest BCUT2D eigenvalue weighted by Crippen LogP contribution is -2.39. The van der Waals surface area contributed by atoms with Gasteiger partial charge in [0.05, 0.1) is 0 Å². The van der Waals surface area contributed by atoms with Crippen molar-refractivity contribution >= 4 is 17.6 Å². The van der Waals surface area contributed by atoms with Gasteiger partial charge in [0.1, 0.15) is 5.75 Å². The zero-order valence-electron chi connectivity index (χ0n) is 13.8. The molecule has 1 aromatic rings. The van der Waals surface area contributed by atoms with Gasteiger partial charge in [-0.15, -0.1) is 0 Å². The molecule has 0 radical (unpaired) electrons. The molecule has 0 atom stereocenters. The summed E-state index contributed by atoms with van der Waals surface area (Å²) in [6.45, 7) is -0.0231. The number of anilines is 1. The van der Waals surface area contributed by atoms with Crippen LogP contribution in [0.25, 0.3) is 0 Å². The summed E-state index contributed by atoms with van der Waals surface area (Å²) in [5, 5.41) is 5.81. The molecule has 126 valence electrons. The molecule has 0 spiro atoms. The number of nitrogens with zero attached hydrogens (tertiary/aromatic N) is 1. The summed E-state index contributed by atoms with van der Waals surface area (Å²) in [6.07, 6.45) is 5.69. The number of hydrogen-bond acceptors (Lipinski definition) is 3. The van der Waals surface area contributed by atoms with E-state index >= 15 is 0 Å². The third-order valence-electron chi connectivity index (χ3n) is 3.89. The molecule has 1 aromatic carbocycles. The number of nitrogens with one attached hydrogen (secondary N) is 2. The van der Waals surface area contributed by atoms with Gasteiger partial charge in [0.2, 0.25) is 0 Å². The molecule has 2 N–H and O–H groups in total. The van der Waals surface area contributed by atoms with E-state index in [4.69, 9.17) is 4.74 Å². The number of benzene rings is 1. The predicted octanol–water partition coefficient (Wildman–Crippen LogP) is 2.61. The third kappa shape index (κ3) is 5.81. The fourth-order valence-corrected chi connectivity index (χ4v) is 2.54. The number of ether oxygens (including phenoxy) is 1. The molecule has 0 saturated heterocycles. The van der Waals surface area contributed by atoms with Gasteiger partial charge in [-0.25, -0.2) is 4.79 Å². The van der Waals surface area contributed by atoms with E-state index in [2.05, 4.69) is 10.6 Å². The van der Waals surface area contributed by atoms with E-state index in [1.165, 1.54) is 24.2 Å². The first-order valence-corrected chi connectivity index (χ1v) is 8.05. The molecule has 0 aromatic heterocycles. The summed E-state index contributed by atoms with van der Waals surface area (Å²) in [5.74, 6) is 0.439. The standard InChI is InChI=1S/C17H25N3O3/c1-20(2)16(21)12-23-15-10-6-9-14(11-15)19-17(22)18-13-7-4-3-5-8-13/h6,9-11,13H,3-5,7-8,12H2,1-2H3,(H2,18,19,22). The Kier molecular flexibility index (Phi) is 6.26. The first kappa shape index (κ1) is 17.1. The number of carbonyl (C=O) groups is 2. The molecule has 23 heavy (non-hydrogen) atoms. The van der Waals surface area contributed by atoms with E-state index < -0.39 is 0 Å². The van der Waals surface area contributed by atoms with Crippen LogP contribution in [0.1, 0.15) is 32.1 Å². The molecule has 0 bridgehead atoms. The van der Waals surface area contributed by atoms with E-state index in [9.17, 15) is 9.59 Å². The quantitative estimate of drug-likeness (QED) is 0.876. The van der Waals surface area contributed by atoms with Crippen LogP contribution in [0.15, 0.2) is 24.3 Å². The third-order valence-corrected chi connectivity index (χ3v) is 3.89. The highest BCUT2D eigenvalue weighted by atomic mass is 16.5. The van der Waals surface area contributed by atoms with Crippen molar-refractivity contribution in [2.45, 2.75) is 38.1 Å². The van der Waals surface area contributed by atoms with Crippen LogP contribution in [0.5, 0.6) is 5.75 Å². The van der Waals surface area contributed by atoms with Crippen LogP contribution < -0.4 is 15.4 Å². The van der Waals surface area contributed by atoms with Crippen molar-refractivity contribution in [2.24, 2.45) is 0 Å². The lowest BCUT2D eigenvalue weighted by molar-refractivity contribution is -0.130. The number of amides is 3. The lowest BCUT2D eigenvalue weighted by Gasteiger charge is -2.22. The highest BCUT2D eigenvalue weighted by molar-refractivity contribution is 5.89. The summed E-state index contributed by atoms with van der Waals surface area (Å²) in [6, 6.07) is 7.11. The monoisotopic (exact) mass is 319 g/mol. The number of urea groups is 1. The Bertz CT molecular complexity index is 540. The maximum absolute atomic E-state index is 12.0. The summed E-state index contributed by atoms with van der Waals surface area (Å²) >= 11 is 0. The summed E-state index contributed by atoms with van der Waals surface area (Å²) in [5.41, 5.74) is 0.646. The molecule has 2 rings (SSSR count). The first-order chi connectivity index (χ1) is 11.0. The van der Waals surface area contributed by atoms with Crippen molar-refractivity contribution < 1.29 is 14.3 Å². The van der Waals surface area contributed by atoms with Gasteiger partial charge >= 0.3 is 6.03 Å². The second kappa shape index (κ2) is 8.41. The van der Waals surface area contributed by atoms with Gasteiger partial charge in [-0.1, -0.05) is 25.3 Å². The smallest absolute Gasteiger partial charge is 0.319 e. The fourth-order valence-electron chi connectivity index (χ4n) is 2.54. The molecule has 0 aliphatic heterocycles. The Morgan fingerprint density at radius 2 is 1.96 bits per heavy atom. The Morgan fingerprint density at radius 3 is 2.65 bits per heavy atom. The van der Waals surface area contributed by atoms with Crippen LogP contribution in [-0.4, -0.2) is 43.6 Å². The molecule has 1 saturated carbocycles. The molecule has 1 aliphatic carbocycles. The van der Waals surface area contributed by atoms with Crippen LogP contribution in [0, 0.1) is 0 Å². The van der Waals surface area contributed by atoms with Crippen LogP contribution in [-0.2, 0) is 4.79 Å². The Morgan fingerprint density at radius 1 is 1.22 bits per heavy atom. The number of rotatable bonds is 5. The maximum Gasteiger partial charge on any atom is 0.319 e. The average Bonchev–Trinajstić information content (AvgIpc) is 2.53. The maximum atomic E-state index is 12.0. The SMILES string of the molecule is CN(C)C(=O)COc1cccc(NC(=O)NC2CCCCC2)c1. The van der Waals surface area contributed by atoms with Crippen LogP contribution >= 0.6 is 0 Å². The highest BCUT2D eigenvalue weighted by Gasteiger charge is 2.15. The van der Waals surface area contributed by atoms with Gasteiger partial charge in [-0.2, -0.15) is 0 Å². The van der Waals surface area contributed by atoms with Crippen molar-refractivity contribution in [3.05, 3.63) is 24.3 Å². The van der Waals surface area contributed by atoms with Gasteiger partial charge < -0.3 is 20.3 Å². The van der Waals surface area contributed by atoms with Crippen molar-refractivity contribution in [1.29, 1.82) is 0 Å². The normalized spacial score (nSPS) is 14.9. The van der Waals surface area contributed by atoms with Gasteiger partial charge in [-0.3, -0.25) is 4.79 Å². The molecule has 3 amide bonds. The van der Waals surface area contributed by atoms with E-state index in [1.807, 2.05) is 0 Å². The van der Waals surface area contributed by atoms with Crippen molar-refractivity contribution in [1.82, 2.24) is 10.2 Å². The molecule has 1 aliphatic rings. The fraction of sp³-hybridized carbons (Fsp3) is 0.529. The van der Waals surface area contributed by atoms with Gasteiger partial charge in [0.25, 0.3) is 5.91 Å². The van der Waals surface area contributed by atoms with E-state index in [0.29, 0.717) is 11.4 Å². The lowest BCUT2D eigenvalue weighted by atomic mass is 9.96. The Labute approximate surface area is 137 Å². The number of carbonyl (C=O) groups excluding carboxylic acids is 2.